The van der Waals surface area contributed by atoms with Gasteiger partial charge in [0.05, 0.1) is 20.8 Å². The molecule has 0 spiro atoms. The van der Waals surface area contributed by atoms with Gasteiger partial charge in [0.1, 0.15) is 5.56 Å². The van der Waals surface area contributed by atoms with E-state index in [4.69, 9.17) is 0 Å². The second-order valence-electron chi connectivity index (χ2n) is 3.73. The number of hydrogen-bond acceptors (Lipinski definition) is 9. The highest BCUT2D eigenvalue weighted by atomic mass is 16.7. The second kappa shape index (κ2) is 5.73. The Morgan fingerprint density at radius 2 is 1.45 bits per heavy atom. The average Bonchev–Trinajstić information content (AvgIpc) is 2.35. The average molecular weight is 315 g/mol. The molecule has 0 aliphatic heterocycles. The summed E-state index contributed by atoms with van der Waals surface area (Å²) in [4.78, 5) is 50.8. The molecule has 1 N–H and O–H groups in total. The molecular weight excluding hydrogens is 310 g/mol. The lowest BCUT2D eigenvalue weighted by Crippen LogP contribution is -2.30. The van der Waals surface area contributed by atoms with Gasteiger partial charge in [-0.1, -0.05) is 5.43 Å². The van der Waals surface area contributed by atoms with Crippen molar-refractivity contribution in [2.24, 2.45) is 0 Å². The standard InChI is InChI=1S/C8H5N5O9/c1-3-4(10(15)16)2-5(11(17)18)6(7(3)12(19)20)8(14)9-13(21)22/h2H,1H3,(H,9,14). The van der Waals surface area contributed by atoms with Crippen molar-refractivity contribution in [3.63, 3.8) is 0 Å². The van der Waals surface area contributed by atoms with Gasteiger partial charge in [-0.3, -0.25) is 35.1 Å². The third-order valence-corrected chi connectivity index (χ3v) is 2.50. The second-order valence-corrected chi connectivity index (χ2v) is 3.73. The molecular formula is C8H5N5O9. The van der Waals surface area contributed by atoms with Crippen LogP contribution < -0.4 is 5.43 Å². The molecule has 0 heterocycles. The molecule has 14 nitrogen and oxygen atoms in total. The van der Waals surface area contributed by atoms with Crippen molar-refractivity contribution in [1.29, 1.82) is 0 Å². The lowest BCUT2D eigenvalue weighted by Gasteiger charge is -2.05. The predicted octanol–water partition coefficient (Wildman–Crippen LogP) is 0.641. The van der Waals surface area contributed by atoms with Crippen LogP contribution in [0, 0.1) is 47.4 Å². The summed E-state index contributed by atoms with van der Waals surface area (Å²) in [7, 11) is 0. The Balaban J connectivity index is 3.86. The van der Waals surface area contributed by atoms with E-state index < -0.39 is 53.9 Å². The minimum absolute atomic E-state index is 0.331. The maximum atomic E-state index is 11.6. The van der Waals surface area contributed by atoms with Gasteiger partial charge in [0, 0.05) is 0 Å². The molecule has 0 saturated heterocycles. The number of nitro groups is 4. The summed E-state index contributed by atoms with van der Waals surface area (Å²) in [6, 6.07) is 0.331. The van der Waals surface area contributed by atoms with Gasteiger partial charge in [-0.05, 0) is 6.92 Å². The number of nitrogens with zero attached hydrogens (tertiary/aromatic N) is 4. The topological polar surface area (TPSA) is 202 Å². The van der Waals surface area contributed by atoms with E-state index in [1.807, 2.05) is 0 Å². The zero-order chi connectivity index (χ0) is 17.2. The van der Waals surface area contributed by atoms with Crippen LogP contribution in [0.2, 0.25) is 0 Å². The molecule has 0 bridgehead atoms. The molecule has 0 aliphatic carbocycles. The van der Waals surface area contributed by atoms with Crippen molar-refractivity contribution in [2.75, 3.05) is 0 Å². The lowest BCUT2D eigenvalue weighted by molar-refractivity contribution is -0.527. The van der Waals surface area contributed by atoms with Crippen LogP contribution >= 0.6 is 0 Å². The summed E-state index contributed by atoms with van der Waals surface area (Å²) in [5.74, 6) is -1.73. The summed E-state index contributed by atoms with van der Waals surface area (Å²) < 4.78 is 0. The van der Waals surface area contributed by atoms with Crippen molar-refractivity contribution >= 4 is 23.0 Å². The zero-order valence-corrected chi connectivity index (χ0v) is 10.5. The largest absolute Gasteiger partial charge is 0.324 e. The number of carbonyl (C=O) groups excluding carboxylic acids is 1. The molecule has 1 amide bonds. The van der Waals surface area contributed by atoms with E-state index >= 15 is 0 Å². The molecule has 1 rings (SSSR count). The molecule has 0 aliphatic rings. The number of hydrogen-bond donors (Lipinski definition) is 1. The number of rotatable bonds is 5. The maximum Gasteiger partial charge on any atom is 0.324 e. The molecule has 116 valence electrons. The molecule has 0 aromatic heterocycles. The van der Waals surface area contributed by atoms with E-state index in [1.54, 1.807) is 0 Å². The fourth-order valence-electron chi connectivity index (χ4n) is 1.66. The van der Waals surface area contributed by atoms with Crippen LogP contribution in [0.25, 0.3) is 0 Å². The minimum atomic E-state index is -1.73. The Hall–Kier alpha value is -3.71. The molecule has 22 heavy (non-hydrogen) atoms. The Morgan fingerprint density at radius 1 is 0.955 bits per heavy atom. The van der Waals surface area contributed by atoms with Crippen LogP contribution in [0.3, 0.4) is 0 Å². The van der Waals surface area contributed by atoms with Crippen LogP contribution in [-0.4, -0.2) is 25.7 Å². The number of benzene rings is 1. The van der Waals surface area contributed by atoms with Gasteiger partial charge < -0.3 is 0 Å². The molecule has 1 aromatic rings. The Bertz CT molecular complexity index is 727. The van der Waals surface area contributed by atoms with Crippen LogP contribution in [-0.2, 0) is 0 Å². The third-order valence-electron chi connectivity index (χ3n) is 2.50. The first-order valence-electron chi connectivity index (χ1n) is 5.14. The van der Waals surface area contributed by atoms with Gasteiger partial charge in [0.2, 0.25) is 5.56 Å². The summed E-state index contributed by atoms with van der Waals surface area (Å²) in [5, 5.41) is 41.5. The van der Waals surface area contributed by atoms with Crippen molar-refractivity contribution in [1.82, 2.24) is 5.43 Å². The van der Waals surface area contributed by atoms with Crippen LogP contribution in [0.1, 0.15) is 15.9 Å². The summed E-state index contributed by atoms with van der Waals surface area (Å²) in [5.41, 5.74) is -4.36. The Labute approximate surface area is 118 Å². The van der Waals surface area contributed by atoms with Gasteiger partial charge in [-0.2, -0.15) is 0 Å². The van der Waals surface area contributed by atoms with Crippen molar-refractivity contribution in [3.05, 3.63) is 57.7 Å². The van der Waals surface area contributed by atoms with Gasteiger partial charge in [0.15, 0.2) is 5.03 Å². The molecule has 0 unspecified atom stereocenters. The first-order chi connectivity index (χ1) is 10.1. The fourth-order valence-corrected chi connectivity index (χ4v) is 1.66. The number of carbonyl (C=O) groups is 1. The first-order valence-corrected chi connectivity index (χ1v) is 5.14. The fraction of sp³-hybridized carbons (Fsp3) is 0.125. The molecule has 0 atom stereocenters. The maximum absolute atomic E-state index is 11.6. The van der Waals surface area contributed by atoms with Crippen LogP contribution in [0.4, 0.5) is 17.1 Å². The van der Waals surface area contributed by atoms with Crippen LogP contribution in [0.15, 0.2) is 6.07 Å². The number of nitro benzene ring substituents is 3. The van der Waals surface area contributed by atoms with E-state index in [0.29, 0.717) is 6.07 Å². The molecule has 1 aromatic carbocycles. The van der Waals surface area contributed by atoms with Crippen molar-refractivity contribution in [2.45, 2.75) is 6.92 Å². The molecule has 0 fully saturated rings. The van der Waals surface area contributed by atoms with Crippen molar-refractivity contribution in [3.8, 4) is 0 Å². The van der Waals surface area contributed by atoms with Crippen LogP contribution in [0.5, 0.6) is 0 Å². The van der Waals surface area contributed by atoms with Gasteiger partial charge in [-0.15, -0.1) is 0 Å². The molecule has 0 saturated carbocycles. The summed E-state index contributed by atoms with van der Waals surface area (Å²) >= 11 is 0. The third kappa shape index (κ3) is 2.89. The highest BCUT2D eigenvalue weighted by molar-refractivity contribution is 6.02. The SMILES string of the molecule is Cc1c([N+](=O)[O-])cc([N+](=O)[O-])c(C(=O)N[N+](=O)[O-])c1[N+](=O)[O-]. The number of amides is 1. The van der Waals surface area contributed by atoms with Gasteiger partial charge >= 0.3 is 5.91 Å². The minimum Gasteiger partial charge on any atom is -0.263 e. The van der Waals surface area contributed by atoms with E-state index in [2.05, 4.69) is 0 Å². The normalized spacial score (nSPS) is 9.86. The molecule has 14 heteroatoms. The number of hydrazine groups is 1. The Morgan fingerprint density at radius 3 is 1.82 bits per heavy atom. The summed E-state index contributed by atoms with van der Waals surface area (Å²) in [6.07, 6.45) is 0. The first kappa shape index (κ1) is 16.3. The smallest absolute Gasteiger partial charge is 0.263 e. The predicted molar refractivity (Wildman–Crippen MR) is 65.6 cm³/mol. The highest BCUT2D eigenvalue weighted by Crippen LogP contribution is 2.37. The highest BCUT2D eigenvalue weighted by Gasteiger charge is 2.39. The van der Waals surface area contributed by atoms with Crippen molar-refractivity contribution < 1.29 is 24.6 Å². The Kier molecular flexibility index (Phi) is 4.26. The zero-order valence-electron chi connectivity index (χ0n) is 10.5. The van der Waals surface area contributed by atoms with E-state index in [1.165, 1.54) is 0 Å². The number of nitrogens with one attached hydrogen (secondary N) is 1. The van der Waals surface area contributed by atoms with E-state index in [9.17, 15) is 45.3 Å². The summed E-state index contributed by atoms with van der Waals surface area (Å²) in [6.45, 7) is 0.892. The monoisotopic (exact) mass is 315 g/mol. The lowest BCUT2D eigenvalue weighted by atomic mass is 10.0. The van der Waals surface area contributed by atoms with E-state index in [0.717, 1.165) is 12.3 Å². The van der Waals surface area contributed by atoms with Gasteiger partial charge in [-0.25, -0.2) is 10.1 Å². The van der Waals surface area contributed by atoms with E-state index in [-0.39, 0.29) is 0 Å². The molecule has 0 radical (unpaired) electrons. The van der Waals surface area contributed by atoms with Gasteiger partial charge in [0.25, 0.3) is 17.1 Å². The quantitative estimate of drug-likeness (QED) is 0.597.